The third-order valence-corrected chi connectivity index (χ3v) is 8.24. The largest absolute Gasteiger partial charge is 0.465 e. The summed E-state index contributed by atoms with van der Waals surface area (Å²) in [6.45, 7) is 15.9. The topological polar surface area (TPSA) is 26.3 Å². The van der Waals surface area contributed by atoms with Crippen LogP contribution in [0.2, 0.25) is 0 Å². The molecule has 0 spiro atoms. The van der Waals surface area contributed by atoms with E-state index in [9.17, 15) is 4.79 Å². The molecule has 4 rings (SSSR count). The second-order valence-electron chi connectivity index (χ2n) is 13.0. The highest BCUT2D eigenvalue weighted by atomic mass is 16.5. The molecule has 4 bridgehead atoms. The highest BCUT2D eigenvalue weighted by molar-refractivity contribution is 5.77. The highest BCUT2D eigenvalue weighted by Gasteiger charge is 2.51. The summed E-state index contributed by atoms with van der Waals surface area (Å²) >= 11 is 0. The van der Waals surface area contributed by atoms with Crippen LogP contribution in [0.4, 0.5) is 0 Å². The Kier molecular flexibility index (Phi) is 5.54. The number of esters is 1. The maximum Gasteiger partial charge on any atom is 0.312 e. The molecule has 0 aliphatic heterocycles. The van der Waals surface area contributed by atoms with Crippen LogP contribution >= 0.6 is 0 Å². The molecule has 0 radical (unpaired) electrons. The van der Waals surface area contributed by atoms with Gasteiger partial charge in [-0.1, -0.05) is 41.5 Å². The van der Waals surface area contributed by atoms with Gasteiger partial charge in [-0.15, -0.1) is 0 Å². The Labute approximate surface area is 168 Å². The number of ether oxygens (including phenoxy) is 1. The van der Waals surface area contributed by atoms with Gasteiger partial charge in [0.1, 0.15) is 0 Å². The van der Waals surface area contributed by atoms with Gasteiger partial charge in [0.15, 0.2) is 0 Å². The first-order valence-corrected chi connectivity index (χ1v) is 11.5. The summed E-state index contributed by atoms with van der Waals surface area (Å²) in [5.74, 6) is 3.04. The van der Waals surface area contributed by atoms with Crippen molar-refractivity contribution in [1.82, 2.24) is 0 Å². The van der Waals surface area contributed by atoms with Gasteiger partial charge in [-0.3, -0.25) is 4.79 Å². The Hall–Kier alpha value is -0.530. The minimum absolute atomic E-state index is 0.00966. The molecule has 0 saturated heterocycles. The minimum Gasteiger partial charge on any atom is -0.465 e. The van der Waals surface area contributed by atoms with Crippen LogP contribution in [0.3, 0.4) is 0 Å². The third-order valence-electron chi connectivity index (χ3n) is 8.24. The maximum absolute atomic E-state index is 13.1. The van der Waals surface area contributed by atoms with Crippen molar-refractivity contribution in [3.63, 3.8) is 0 Å². The average molecular weight is 377 g/mol. The van der Waals surface area contributed by atoms with Crippen molar-refractivity contribution in [3.8, 4) is 0 Å². The smallest absolute Gasteiger partial charge is 0.312 e. The van der Waals surface area contributed by atoms with Gasteiger partial charge in [0.05, 0.1) is 12.0 Å². The van der Waals surface area contributed by atoms with Gasteiger partial charge in [0, 0.05) is 0 Å². The van der Waals surface area contributed by atoms with Crippen LogP contribution in [0.25, 0.3) is 0 Å². The summed E-state index contributed by atoms with van der Waals surface area (Å²) in [6.07, 6.45) is 12.1. The monoisotopic (exact) mass is 376 g/mol. The van der Waals surface area contributed by atoms with E-state index in [1.165, 1.54) is 44.9 Å². The van der Waals surface area contributed by atoms with Crippen molar-refractivity contribution in [3.05, 3.63) is 0 Å². The van der Waals surface area contributed by atoms with Gasteiger partial charge in [-0.2, -0.15) is 0 Å². The molecule has 27 heavy (non-hydrogen) atoms. The molecule has 2 nitrogen and oxygen atoms in total. The van der Waals surface area contributed by atoms with Crippen molar-refractivity contribution in [2.75, 3.05) is 6.61 Å². The summed E-state index contributed by atoms with van der Waals surface area (Å²) < 4.78 is 5.90. The molecule has 2 heteroatoms. The second kappa shape index (κ2) is 7.06. The van der Waals surface area contributed by atoms with Crippen LogP contribution in [0.5, 0.6) is 0 Å². The fourth-order valence-corrected chi connectivity index (χ4v) is 7.07. The van der Waals surface area contributed by atoms with Gasteiger partial charge in [0.25, 0.3) is 0 Å². The van der Waals surface area contributed by atoms with E-state index in [2.05, 4.69) is 48.5 Å². The zero-order chi connectivity index (χ0) is 20.1. The van der Waals surface area contributed by atoms with Gasteiger partial charge < -0.3 is 4.74 Å². The zero-order valence-corrected chi connectivity index (χ0v) is 19.1. The van der Waals surface area contributed by atoms with E-state index in [1.807, 2.05) is 0 Å². The van der Waals surface area contributed by atoms with E-state index >= 15 is 0 Å². The van der Waals surface area contributed by atoms with E-state index in [4.69, 9.17) is 4.74 Å². The lowest BCUT2D eigenvalue weighted by Crippen LogP contribution is -2.46. The third kappa shape index (κ3) is 4.56. The predicted molar refractivity (Wildman–Crippen MR) is 112 cm³/mol. The Morgan fingerprint density at radius 1 is 0.889 bits per heavy atom. The van der Waals surface area contributed by atoms with Crippen LogP contribution in [0.1, 0.15) is 106 Å². The lowest BCUT2D eigenvalue weighted by atomic mass is 9.48. The zero-order valence-electron chi connectivity index (χ0n) is 19.1. The Morgan fingerprint density at radius 3 is 1.78 bits per heavy atom. The summed E-state index contributed by atoms with van der Waals surface area (Å²) in [4.78, 5) is 13.1. The molecule has 1 unspecified atom stereocenters. The Balaban J connectivity index is 1.53. The number of hydrogen-bond acceptors (Lipinski definition) is 2. The van der Waals surface area contributed by atoms with Gasteiger partial charge >= 0.3 is 5.97 Å². The number of rotatable bonds is 6. The maximum atomic E-state index is 13.1. The molecule has 0 aromatic carbocycles. The minimum atomic E-state index is -0.439. The predicted octanol–water partition coefficient (Wildman–Crippen LogP) is 7.01. The summed E-state index contributed by atoms with van der Waals surface area (Å²) in [5.41, 5.74) is 0.170. The molecule has 4 fully saturated rings. The molecular formula is C25H44O2. The van der Waals surface area contributed by atoms with E-state index in [1.54, 1.807) is 0 Å². The molecule has 0 aromatic rings. The number of hydrogen-bond donors (Lipinski definition) is 0. The van der Waals surface area contributed by atoms with Gasteiger partial charge in [-0.25, -0.2) is 0 Å². The van der Waals surface area contributed by atoms with Crippen LogP contribution in [0.15, 0.2) is 0 Å². The molecule has 0 heterocycles. The summed E-state index contributed by atoms with van der Waals surface area (Å²) in [5, 5.41) is 0. The molecular weight excluding hydrogens is 332 g/mol. The quantitative estimate of drug-likeness (QED) is 0.368. The first-order valence-electron chi connectivity index (χ1n) is 11.5. The van der Waals surface area contributed by atoms with Crippen LogP contribution in [0, 0.1) is 39.4 Å². The Bertz CT molecular complexity index is 512. The molecule has 0 aromatic heterocycles. The molecule has 0 amide bonds. The van der Waals surface area contributed by atoms with E-state index in [0.29, 0.717) is 12.0 Å². The number of carbonyl (C=O) groups is 1. The van der Waals surface area contributed by atoms with Gasteiger partial charge in [-0.05, 0) is 98.7 Å². The van der Waals surface area contributed by atoms with E-state index < -0.39 is 5.41 Å². The van der Waals surface area contributed by atoms with Crippen LogP contribution in [-0.4, -0.2) is 12.6 Å². The van der Waals surface area contributed by atoms with Crippen molar-refractivity contribution in [2.24, 2.45) is 39.4 Å². The van der Waals surface area contributed by atoms with E-state index in [-0.39, 0.29) is 16.8 Å². The van der Waals surface area contributed by atoms with Crippen LogP contribution in [-0.2, 0) is 9.53 Å². The van der Waals surface area contributed by atoms with Crippen molar-refractivity contribution in [2.45, 2.75) is 106 Å². The lowest BCUT2D eigenvalue weighted by Gasteiger charge is -2.57. The fourth-order valence-electron chi connectivity index (χ4n) is 7.07. The Morgan fingerprint density at radius 2 is 1.37 bits per heavy atom. The lowest BCUT2D eigenvalue weighted by molar-refractivity contribution is -0.165. The van der Waals surface area contributed by atoms with Crippen LogP contribution < -0.4 is 0 Å². The molecule has 156 valence electrons. The first kappa shape index (κ1) is 21.2. The summed E-state index contributed by atoms with van der Waals surface area (Å²) in [6, 6.07) is 0. The fraction of sp³-hybridized carbons (Fsp3) is 0.960. The van der Waals surface area contributed by atoms with Crippen molar-refractivity contribution in [1.29, 1.82) is 0 Å². The normalized spacial score (nSPS) is 35.1. The number of carbonyl (C=O) groups excluding carboxylic acids is 1. The SMILES string of the molecule is CC(C)(C)CC(C)(C(=O)OCCCC12CC3CC(CC(C3)C1)C2)C(C)(C)C. The highest BCUT2D eigenvalue weighted by Crippen LogP contribution is 2.61. The first-order chi connectivity index (χ1) is 12.3. The van der Waals surface area contributed by atoms with Crippen molar-refractivity contribution < 1.29 is 9.53 Å². The molecule has 4 saturated carbocycles. The van der Waals surface area contributed by atoms with Crippen molar-refractivity contribution >= 4 is 5.97 Å². The second-order valence-corrected chi connectivity index (χ2v) is 13.0. The average Bonchev–Trinajstić information content (AvgIpc) is 2.47. The molecule has 0 N–H and O–H groups in total. The molecule has 4 aliphatic rings. The standard InChI is InChI=1S/C25H44O2/c1-22(2,3)17-24(7,23(4,5)6)21(26)27-10-8-9-25-14-18-11-19(15-25)13-20(12-18)16-25/h18-20H,8-17H2,1-7H3. The molecule has 1 atom stereocenters. The summed E-state index contributed by atoms with van der Waals surface area (Å²) in [7, 11) is 0. The molecule has 4 aliphatic carbocycles. The van der Waals surface area contributed by atoms with E-state index in [0.717, 1.165) is 30.6 Å². The van der Waals surface area contributed by atoms with Gasteiger partial charge in [0.2, 0.25) is 0 Å².